The van der Waals surface area contributed by atoms with Crippen LogP contribution in [0.3, 0.4) is 0 Å². The van der Waals surface area contributed by atoms with Gasteiger partial charge in [0.25, 0.3) is 6.43 Å². The van der Waals surface area contributed by atoms with E-state index in [2.05, 4.69) is 0 Å². The highest BCUT2D eigenvalue weighted by atomic mass is 19.3. The molecule has 4 nitrogen and oxygen atoms in total. The predicted octanol–water partition coefficient (Wildman–Crippen LogP) is 1.21. The van der Waals surface area contributed by atoms with Crippen molar-refractivity contribution in [2.75, 3.05) is 13.6 Å². The second-order valence-electron chi connectivity index (χ2n) is 4.09. The highest BCUT2D eigenvalue weighted by molar-refractivity contribution is 5.85. The third-order valence-electron chi connectivity index (χ3n) is 2.94. The molecule has 6 heteroatoms. The minimum Gasteiger partial charge on any atom is -0.481 e. The Morgan fingerprint density at radius 1 is 1.38 bits per heavy atom. The number of hydrogen-bond acceptors (Lipinski definition) is 2. The molecular weight excluding hydrogens is 220 g/mol. The number of rotatable bonds is 4. The van der Waals surface area contributed by atoms with E-state index in [1.54, 1.807) is 0 Å². The van der Waals surface area contributed by atoms with E-state index in [1.165, 1.54) is 7.05 Å². The van der Waals surface area contributed by atoms with E-state index in [9.17, 15) is 18.4 Å². The number of halogens is 2. The molecule has 1 aliphatic carbocycles. The molecule has 0 saturated heterocycles. The second kappa shape index (κ2) is 5.23. The van der Waals surface area contributed by atoms with Crippen molar-refractivity contribution in [1.82, 2.24) is 4.90 Å². The van der Waals surface area contributed by atoms with Crippen LogP contribution in [0.4, 0.5) is 8.78 Å². The molecule has 0 bridgehead atoms. The Labute approximate surface area is 92.2 Å². The van der Waals surface area contributed by atoms with E-state index in [-0.39, 0.29) is 0 Å². The zero-order valence-electron chi connectivity index (χ0n) is 9.03. The molecule has 0 radical (unpaired) electrons. The predicted molar refractivity (Wildman–Crippen MR) is 52.1 cm³/mol. The van der Waals surface area contributed by atoms with Crippen molar-refractivity contribution >= 4 is 11.9 Å². The van der Waals surface area contributed by atoms with Crippen molar-refractivity contribution in [2.45, 2.75) is 25.7 Å². The summed E-state index contributed by atoms with van der Waals surface area (Å²) < 4.78 is 24.2. The third-order valence-corrected chi connectivity index (χ3v) is 2.94. The minimum atomic E-state index is -2.58. The summed E-state index contributed by atoms with van der Waals surface area (Å²) in [5.74, 6) is -2.85. The van der Waals surface area contributed by atoms with Gasteiger partial charge in [0, 0.05) is 7.05 Å². The van der Waals surface area contributed by atoms with Gasteiger partial charge >= 0.3 is 5.97 Å². The van der Waals surface area contributed by atoms with Crippen LogP contribution in [0.25, 0.3) is 0 Å². The number of carbonyl (C=O) groups excluding carboxylic acids is 1. The molecule has 1 rings (SSSR count). The Balaban J connectivity index is 2.62. The number of amides is 1. The molecule has 1 saturated carbocycles. The monoisotopic (exact) mass is 235 g/mol. The normalized spacial score (nSPS) is 24.8. The highest BCUT2D eigenvalue weighted by Gasteiger charge is 2.39. The van der Waals surface area contributed by atoms with Crippen molar-refractivity contribution in [3.63, 3.8) is 0 Å². The molecule has 0 aromatic heterocycles. The van der Waals surface area contributed by atoms with Crippen LogP contribution in [-0.2, 0) is 9.59 Å². The van der Waals surface area contributed by atoms with Gasteiger partial charge in [-0.05, 0) is 12.8 Å². The zero-order chi connectivity index (χ0) is 12.3. The van der Waals surface area contributed by atoms with Crippen LogP contribution in [0.2, 0.25) is 0 Å². The molecule has 0 heterocycles. The number of aliphatic carboxylic acids is 1. The fourth-order valence-electron chi connectivity index (χ4n) is 2.13. The molecule has 0 aromatic carbocycles. The summed E-state index contributed by atoms with van der Waals surface area (Å²) in [6.07, 6.45) is -0.994. The van der Waals surface area contributed by atoms with Crippen LogP contribution in [0, 0.1) is 11.8 Å². The maximum atomic E-state index is 12.1. The Bertz CT molecular complexity index is 283. The van der Waals surface area contributed by atoms with Gasteiger partial charge in [-0.1, -0.05) is 6.42 Å². The van der Waals surface area contributed by atoms with E-state index in [0.29, 0.717) is 19.3 Å². The molecule has 2 atom stereocenters. The average Bonchev–Trinajstić information content (AvgIpc) is 2.63. The van der Waals surface area contributed by atoms with Crippen molar-refractivity contribution in [2.24, 2.45) is 11.8 Å². The summed E-state index contributed by atoms with van der Waals surface area (Å²) >= 11 is 0. The Kier molecular flexibility index (Phi) is 4.20. The van der Waals surface area contributed by atoms with Crippen LogP contribution in [0.5, 0.6) is 0 Å². The van der Waals surface area contributed by atoms with Crippen LogP contribution >= 0.6 is 0 Å². The lowest BCUT2D eigenvalue weighted by molar-refractivity contribution is -0.149. The number of carboxylic acids is 1. The van der Waals surface area contributed by atoms with Gasteiger partial charge in [0.2, 0.25) is 5.91 Å². The van der Waals surface area contributed by atoms with Crippen LogP contribution in [-0.4, -0.2) is 41.9 Å². The topological polar surface area (TPSA) is 57.6 Å². The van der Waals surface area contributed by atoms with Gasteiger partial charge in [0.15, 0.2) is 0 Å². The summed E-state index contributed by atoms with van der Waals surface area (Å²) in [6, 6.07) is 0. The maximum absolute atomic E-state index is 12.1. The Morgan fingerprint density at radius 2 is 1.94 bits per heavy atom. The van der Waals surface area contributed by atoms with Crippen molar-refractivity contribution in [1.29, 1.82) is 0 Å². The van der Waals surface area contributed by atoms with Gasteiger partial charge in [-0.15, -0.1) is 0 Å². The van der Waals surface area contributed by atoms with E-state index in [4.69, 9.17) is 5.11 Å². The van der Waals surface area contributed by atoms with E-state index in [1.807, 2.05) is 0 Å². The summed E-state index contributed by atoms with van der Waals surface area (Å²) in [5, 5.41) is 8.88. The quantitative estimate of drug-likeness (QED) is 0.796. The van der Waals surface area contributed by atoms with Gasteiger partial charge in [0.1, 0.15) is 0 Å². The third kappa shape index (κ3) is 2.90. The molecule has 92 valence electrons. The van der Waals surface area contributed by atoms with E-state index < -0.39 is 36.7 Å². The largest absolute Gasteiger partial charge is 0.481 e. The Morgan fingerprint density at radius 3 is 2.44 bits per heavy atom. The fraction of sp³-hybridized carbons (Fsp3) is 0.800. The number of carbonyl (C=O) groups is 2. The van der Waals surface area contributed by atoms with E-state index >= 15 is 0 Å². The SMILES string of the molecule is CN(CC(F)F)C(=O)[C@@H]1CCC[C@@H]1C(=O)O. The maximum Gasteiger partial charge on any atom is 0.307 e. The molecule has 0 spiro atoms. The molecular formula is C10H15F2NO3. The number of alkyl halides is 2. The molecule has 1 aliphatic rings. The van der Waals surface area contributed by atoms with Gasteiger partial charge in [0.05, 0.1) is 18.4 Å². The van der Waals surface area contributed by atoms with Crippen molar-refractivity contribution in [3.05, 3.63) is 0 Å². The number of hydrogen-bond donors (Lipinski definition) is 1. The average molecular weight is 235 g/mol. The molecule has 0 aromatic rings. The van der Waals surface area contributed by atoms with Gasteiger partial charge in [-0.25, -0.2) is 8.78 Å². The molecule has 0 aliphatic heterocycles. The van der Waals surface area contributed by atoms with Gasteiger partial charge < -0.3 is 10.0 Å². The highest BCUT2D eigenvalue weighted by Crippen LogP contribution is 2.33. The lowest BCUT2D eigenvalue weighted by Crippen LogP contribution is -2.39. The number of nitrogens with zero attached hydrogens (tertiary/aromatic N) is 1. The fourth-order valence-corrected chi connectivity index (χ4v) is 2.13. The summed E-state index contributed by atoms with van der Waals surface area (Å²) in [6.45, 7) is -0.637. The number of carboxylic acid groups (broad SMARTS) is 1. The summed E-state index contributed by atoms with van der Waals surface area (Å²) in [4.78, 5) is 23.5. The zero-order valence-corrected chi connectivity index (χ0v) is 9.03. The first-order valence-electron chi connectivity index (χ1n) is 5.19. The lowest BCUT2D eigenvalue weighted by Gasteiger charge is -2.22. The molecule has 1 fully saturated rings. The van der Waals surface area contributed by atoms with Crippen molar-refractivity contribution in [3.8, 4) is 0 Å². The van der Waals surface area contributed by atoms with Crippen LogP contribution in [0.1, 0.15) is 19.3 Å². The molecule has 0 unspecified atom stereocenters. The summed E-state index contributed by atoms with van der Waals surface area (Å²) in [7, 11) is 1.28. The van der Waals surface area contributed by atoms with Crippen LogP contribution in [0.15, 0.2) is 0 Å². The summed E-state index contributed by atoms with van der Waals surface area (Å²) in [5.41, 5.74) is 0. The van der Waals surface area contributed by atoms with Crippen molar-refractivity contribution < 1.29 is 23.5 Å². The standard InChI is InChI=1S/C10H15F2NO3/c1-13(5-8(11)12)9(14)6-3-2-4-7(6)10(15)16/h6-8H,2-5H2,1H3,(H,15,16)/t6-,7+/m1/s1. The minimum absolute atomic E-state index is 0.453. The smallest absolute Gasteiger partial charge is 0.307 e. The first-order valence-corrected chi connectivity index (χ1v) is 5.19. The molecule has 1 amide bonds. The van der Waals surface area contributed by atoms with Crippen LogP contribution < -0.4 is 0 Å². The van der Waals surface area contributed by atoms with E-state index in [0.717, 1.165) is 4.90 Å². The molecule has 1 N–H and O–H groups in total. The van der Waals surface area contributed by atoms with Gasteiger partial charge in [-0.3, -0.25) is 9.59 Å². The Hall–Kier alpha value is -1.20. The second-order valence-corrected chi connectivity index (χ2v) is 4.09. The lowest BCUT2D eigenvalue weighted by atomic mass is 9.95. The van der Waals surface area contributed by atoms with Gasteiger partial charge in [-0.2, -0.15) is 0 Å². The molecule has 16 heavy (non-hydrogen) atoms. The first kappa shape index (κ1) is 12.9. The first-order chi connectivity index (χ1) is 7.43.